The Kier molecular flexibility index (Phi) is 4.34. The van der Waals surface area contributed by atoms with Gasteiger partial charge >= 0.3 is 11.9 Å². The van der Waals surface area contributed by atoms with E-state index in [9.17, 15) is 14.7 Å². The summed E-state index contributed by atoms with van der Waals surface area (Å²) in [5.74, 6) is -0.528. The van der Waals surface area contributed by atoms with E-state index in [1.165, 1.54) is 6.26 Å². The molecule has 0 aromatic heterocycles. The molecule has 1 N–H and O–H groups in total. The van der Waals surface area contributed by atoms with Gasteiger partial charge in [-0.15, -0.1) is 0 Å². The summed E-state index contributed by atoms with van der Waals surface area (Å²) in [5.41, 5.74) is 0.260. The number of aliphatic hydroxyl groups is 1. The molecule has 0 aromatic carbocycles. The Hall–Kier alpha value is -1.62. The predicted molar refractivity (Wildman–Crippen MR) is 92.2 cm³/mol. The first kappa shape index (κ1) is 18.2. The molecule has 0 radical (unpaired) electrons. The fraction of sp³-hybridized carbons (Fsp3) is 0.700. The zero-order valence-electron chi connectivity index (χ0n) is 15.7. The van der Waals surface area contributed by atoms with Crippen molar-refractivity contribution in [1.82, 2.24) is 0 Å². The highest BCUT2D eigenvalue weighted by molar-refractivity contribution is 5.87. The van der Waals surface area contributed by atoms with Crippen LogP contribution in [0, 0.1) is 22.7 Å². The summed E-state index contributed by atoms with van der Waals surface area (Å²) in [6, 6.07) is 0. The van der Waals surface area contributed by atoms with E-state index in [-0.39, 0.29) is 35.3 Å². The number of cyclic esters (lactones) is 1. The highest BCUT2D eigenvalue weighted by Gasteiger charge is 2.67. The zero-order chi connectivity index (χ0) is 18.6. The van der Waals surface area contributed by atoms with Crippen LogP contribution in [0.5, 0.6) is 0 Å². The van der Waals surface area contributed by atoms with Gasteiger partial charge in [-0.25, -0.2) is 4.79 Å². The lowest BCUT2D eigenvalue weighted by Crippen LogP contribution is -2.44. The second-order valence-electron chi connectivity index (χ2n) is 8.28. The average molecular weight is 348 g/mol. The van der Waals surface area contributed by atoms with E-state index in [1.807, 2.05) is 13.8 Å². The number of hydrogen-bond donors (Lipinski definition) is 1. The maximum absolute atomic E-state index is 12.5. The smallest absolute Gasteiger partial charge is 0.333 e. The molecule has 2 fully saturated rings. The summed E-state index contributed by atoms with van der Waals surface area (Å²) in [6.07, 6.45) is 4.08. The molecular weight excluding hydrogens is 320 g/mol. The zero-order valence-corrected chi connectivity index (χ0v) is 15.7. The largest absolute Gasteiger partial charge is 0.459 e. The van der Waals surface area contributed by atoms with Gasteiger partial charge in [0.1, 0.15) is 11.5 Å². The summed E-state index contributed by atoms with van der Waals surface area (Å²) in [7, 11) is 0. The third-order valence-electron chi connectivity index (χ3n) is 7.09. The Morgan fingerprint density at radius 3 is 2.68 bits per heavy atom. The molecule has 2 aliphatic carbocycles. The molecule has 0 saturated heterocycles. The standard InChI is InChI=1S/C20H28O5/c1-6-11(2)17(22)25-14-7-12(3)19(5)10-20(16(21)15(19)8-14)13(4)9-24-18(20)23/h6,9,12,14-16,21H,7-8,10H2,1-5H3/b11-6-/t12-,14+,15+,16+,19+,20+/m1/s1. The summed E-state index contributed by atoms with van der Waals surface area (Å²) in [6.45, 7) is 9.67. The van der Waals surface area contributed by atoms with Crippen molar-refractivity contribution >= 4 is 11.9 Å². The minimum Gasteiger partial charge on any atom is -0.459 e. The fourth-order valence-electron chi connectivity index (χ4n) is 5.06. The number of rotatable bonds is 2. The molecule has 2 saturated carbocycles. The molecule has 0 unspecified atom stereocenters. The molecule has 0 aromatic rings. The van der Waals surface area contributed by atoms with Crippen molar-refractivity contribution < 1.29 is 24.2 Å². The van der Waals surface area contributed by atoms with Crippen LogP contribution < -0.4 is 0 Å². The molecule has 1 heterocycles. The van der Waals surface area contributed by atoms with Gasteiger partial charge in [0.05, 0.1) is 12.4 Å². The topological polar surface area (TPSA) is 72.8 Å². The van der Waals surface area contributed by atoms with Crippen LogP contribution in [-0.4, -0.2) is 29.3 Å². The van der Waals surface area contributed by atoms with Crippen LogP contribution in [0.4, 0.5) is 0 Å². The molecular formula is C20H28O5. The normalized spacial score (nSPS) is 43.7. The van der Waals surface area contributed by atoms with Crippen LogP contribution in [0.25, 0.3) is 0 Å². The third kappa shape index (κ3) is 2.47. The second kappa shape index (κ2) is 5.97. The summed E-state index contributed by atoms with van der Waals surface area (Å²) in [5, 5.41) is 11.1. The van der Waals surface area contributed by atoms with Crippen molar-refractivity contribution in [2.45, 2.75) is 66.1 Å². The molecule has 5 nitrogen and oxygen atoms in total. The van der Waals surface area contributed by atoms with Crippen molar-refractivity contribution in [1.29, 1.82) is 0 Å². The monoisotopic (exact) mass is 348 g/mol. The van der Waals surface area contributed by atoms with Gasteiger partial charge in [-0.3, -0.25) is 4.79 Å². The summed E-state index contributed by atoms with van der Waals surface area (Å²) < 4.78 is 10.8. The minimum atomic E-state index is -0.939. The number of allylic oxidation sites excluding steroid dienone is 1. The number of carbonyl (C=O) groups excluding carboxylic acids is 2. The van der Waals surface area contributed by atoms with Gasteiger partial charge in [-0.1, -0.05) is 19.9 Å². The number of fused-ring (bicyclic) bond motifs is 1. The fourth-order valence-corrected chi connectivity index (χ4v) is 5.06. The van der Waals surface area contributed by atoms with E-state index in [1.54, 1.807) is 13.0 Å². The lowest BCUT2D eigenvalue weighted by Gasteiger charge is -2.45. The van der Waals surface area contributed by atoms with E-state index in [4.69, 9.17) is 9.47 Å². The van der Waals surface area contributed by atoms with Gasteiger partial charge in [0.2, 0.25) is 0 Å². The maximum Gasteiger partial charge on any atom is 0.333 e. The van der Waals surface area contributed by atoms with Crippen LogP contribution >= 0.6 is 0 Å². The Labute approximate surface area is 149 Å². The number of carbonyl (C=O) groups is 2. The number of aliphatic hydroxyl groups excluding tert-OH is 1. The van der Waals surface area contributed by atoms with Gasteiger partial charge in [0, 0.05) is 5.57 Å². The predicted octanol–water partition coefficient (Wildman–Crippen LogP) is 3.13. The van der Waals surface area contributed by atoms with Gasteiger partial charge in [0.15, 0.2) is 0 Å². The molecule has 0 amide bonds. The highest BCUT2D eigenvalue weighted by Crippen LogP contribution is 2.65. The maximum atomic E-state index is 12.5. The van der Waals surface area contributed by atoms with E-state index in [0.717, 1.165) is 12.0 Å². The molecule has 138 valence electrons. The van der Waals surface area contributed by atoms with Crippen molar-refractivity contribution in [3.05, 3.63) is 23.5 Å². The van der Waals surface area contributed by atoms with E-state index < -0.39 is 11.5 Å². The van der Waals surface area contributed by atoms with Crippen molar-refractivity contribution in [2.75, 3.05) is 0 Å². The first-order valence-electron chi connectivity index (χ1n) is 9.07. The van der Waals surface area contributed by atoms with Crippen LogP contribution in [0.2, 0.25) is 0 Å². The molecule has 6 atom stereocenters. The minimum absolute atomic E-state index is 0.103. The van der Waals surface area contributed by atoms with Crippen molar-refractivity contribution in [2.24, 2.45) is 22.7 Å². The third-order valence-corrected chi connectivity index (χ3v) is 7.09. The van der Waals surface area contributed by atoms with Crippen LogP contribution in [0.1, 0.15) is 53.9 Å². The average Bonchev–Trinajstić information content (AvgIpc) is 2.98. The van der Waals surface area contributed by atoms with Gasteiger partial charge < -0.3 is 14.6 Å². The Morgan fingerprint density at radius 1 is 1.44 bits per heavy atom. The highest BCUT2D eigenvalue weighted by atomic mass is 16.5. The Balaban J connectivity index is 1.87. The molecule has 0 bridgehead atoms. The quantitative estimate of drug-likeness (QED) is 0.613. The summed E-state index contributed by atoms with van der Waals surface area (Å²) in [4.78, 5) is 24.6. The molecule has 1 spiro atoms. The Morgan fingerprint density at radius 2 is 2.12 bits per heavy atom. The van der Waals surface area contributed by atoms with Crippen molar-refractivity contribution in [3.63, 3.8) is 0 Å². The molecule has 25 heavy (non-hydrogen) atoms. The second-order valence-corrected chi connectivity index (χ2v) is 8.28. The Bertz CT molecular complexity index is 663. The lowest BCUT2D eigenvalue weighted by atomic mass is 9.62. The van der Waals surface area contributed by atoms with Crippen LogP contribution in [-0.2, 0) is 19.1 Å². The molecule has 3 rings (SSSR count). The van der Waals surface area contributed by atoms with E-state index in [2.05, 4.69) is 13.8 Å². The van der Waals surface area contributed by atoms with Gasteiger partial charge in [-0.05, 0) is 62.9 Å². The first-order valence-corrected chi connectivity index (χ1v) is 9.07. The molecule has 3 aliphatic rings. The van der Waals surface area contributed by atoms with E-state index in [0.29, 0.717) is 18.4 Å². The van der Waals surface area contributed by atoms with Gasteiger partial charge in [0.25, 0.3) is 0 Å². The SMILES string of the molecule is C/C=C(/C)C(=O)O[C@H]1C[C@@H](C)[C@]2(C)C[C@@]3(C(=O)OC=C3C)[C@@H](O)[C@@H]2C1. The van der Waals surface area contributed by atoms with Crippen molar-refractivity contribution in [3.8, 4) is 0 Å². The lowest BCUT2D eigenvalue weighted by molar-refractivity contribution is -0.154. The first-order chi connectivity index (χ1) is 11.7. The van der Waals surface area contributed by atoms with Crippen LogP contribution in [0.15, 0.2) is 23.5 Å². The van der Waals surface area contributed by atoms with E-state index >= 15 is 0 Å². The molecule has 1 aliphatic heterocycles. The number of hydrogen-bond acceptors (Lipinski definition) is 5. The molecule has 5 heteroatoms. The van der Waals surface area contributed by atoms with Crippen LogP contribution in [0.3, 0.4) is 0 Å². The summed E-state index contributed by atoms with van der Waals surface area (Å²) >= 11 is 0. The van der Waals surface area contributed by atoms with Gasteiger partial charge in [-0.2, -0.15) is 0 Å². The number of esters is 2. The number of ether oxygens (including phenoxy) is 2.